The second-order valence-electron chi connectivity index (χ2n) is 3.97. The number of ether oxygens (including phenoxy) is 2. The van der Waals surface area contributed by atoms with Gasteiger partial charge in [0.15, 0.2) is 5.75 Å². The highest BCUT2D eigenvalue weighted by molar-refractivity contribution is 7.99. The number of aryl methyl sites for hydroxylation is 1. The molecule has 0 aliphatic carbocycles. The number of rotatable bonds is 6. The van der Waals surface area contributed by atoms with Crippen LogP contribution in [0.15, 0.2) is 47.5 Å². The molecular weight excluding hydrogens is 258 g/mol. The Morgan fingerprint density at radius 3 is 2.58 bits per heavy atom. The first kappa shape index (κ1) is 13.7. The lowest BCUT2D eigenvalue weighted by Crippen LogP contribution is -1.94. The van der Waals surface area contributed by atoms with Crippen LogP contribution in [-0.2, 0) is 6.42 Å². The van der Waals surface area contributed by atoms with Crippen LogP contribution in [0.4, 0.5) is 0 Å². The van der Waals surface area contributed by atoms with E-state index in [2.05, 4.69) is 29.2 Å². The van der Waals surface area contributed by atoms with Gasteiger partial charge >= 0.3 is 0 Å². The first-order valence-electron chi connectivity index (χ1n) is 6.08. The molecule has 0 amide bonds. The van der Waals surface area contributed by atoms with Crippen LogP contribution < -0.4 is 9.47 Å². The maximum Gasteiger partial charge on any atom is 0.256 e. The average molecular weight is 275 g/mol. The van der Waals surface area contributed by atoms with Crippen molar-refractivity contribution >= 4 is 11.8 Å². The lowest BCUT2D eigenvalue weighted by Gasteiger charge is -2.08. The number of benzene rings is 1. The zero-order chi connectivity index (χ0) is 13.5. The van der Waals surface area contributed by atoms with Crippen molar-refractivity contribution < 1.29 is 9.47 Å². The van der Waals surface area contributed by atoms with Gasteiger partial charge in [-0.05, 0) is 12.0 Å². The first-order valence-corrected chi connectivity index (χ1v) is 7.07. The van der Waals surface area contributed by atoms with E-state index in [0.29, 0.717) is 11.6 Å². The largest absolute Gasteiger partial charge is 0.491 e. The van der Waals surface area contributed by atoms with E-state index in [1.54, 1.807) is 26.0 Å². The number of aromatic nitrogens is 1. The second-order valence-corrected chi connectivity index (χ2v) is 5.13. The molecule has 0 spiro atoms. The molecule has 0 N–H and O–H groups in total. The summed E-state index contributed by atoms with van der Waals surface area (Å²) in [6.45, 7) is 0. The maximum absolute atomic E-state index is 5.24. The van der Waals surface area contributed by atoms with Gasteiger partial charge in [0.05, 0.1) is 14.2 Å². The van der Waals surface area contributed by atoms with Crippen molar-refractivity contribution in [1.29, 1.82) is 0 Å². The zero-order valence-corrected chi connectivity index (χ0v) is 11.9. The molecule has 100 valence electrons. The fourth-order valence-electron chi connectivity index (χ4n) is 1.72. The van der Waals surface area contributed by atoms with Crippen LogP contribution in [-0.4, -0.2) is 25.0 Å². The molecule has 1 heterocycles. The topological polar surface area (TPSA) is 31.4 Å². The Balaban J connectivity index is 1.93. The summed E-state index contributed by atoms with van der Waals surface area (Å²) in [7, 11) is 3.21. The summed E-state index contributed by atoms with van der Waals surface area (Å²) in [4.78, 5) is 5.32. The summed E-state index contributed by atoms with van der Waals surface area (Å²) in [6, 6.07) is 12.4. The third kappa shape index (κ3) is 3.89. The van der Waals surface area contributed by atoms with Gasteiger partial charge in [-0.1, -0.05) is 30.3 Å². The molecule has 0 unspecified atom stereocenters. The predicted octanol–water partition coefficient (Wildman–Crippen LogP) is 3.43. The van der Waals surface area contributed by atoms with Crippen molar-refractivity contribution in [2.45, 2.75) is 11.3 Å². The van der Waals surface area contributed by atoms with Crippen molar-refractivity contribution in [1.82, 2.24) is 4.98 Å². The smallest absolute Gasteiger partial charge is 0.256 e. The molecule has 0 atom stereocenters. The van der Waals surface area contributed by atoms with Gasteiger partial charge in [-0.2, -0.15) is 0 Å². The highest BCUT2D eigenvalue weighted by Crippen LogP contribution is 2.29. The fraction of sp³-hybridized carbons (Fsp3) is 0.267. The molecule has 0 aliphatic heterocycles. The molecule has 2 aromatic rings. The molecule has 3 nitrogen and oxygen atoms in total. The van der Waals surface area contributed by atoms with Crippen molar-refractivity contribution in [3.8, 4) is 11.6 Å². The van der Waals surface area contributed by atoms with Crippen molar-refractivity contribution in [2.75, 3.05) is 20.0 Å². The summed E-state index contributed by atoms with van der Waals surface area (Å²) >= 11 is 1.77. The van der Waals surface area contributed by atoms with Crippen LogP contribution in [0.3, 0.4) is 0 Å². The Bertz CT molecular complexity index is 517. The van der Waals surface area contributed by atoms with Crippen LogP contribution >= 0.6 is 11.8 Å². The summed E-state index contributed by atoms with van der Waals surface area (Å²) < 4.78 is 10.4. The SMILES string of the molecule is COc1cc(SCCc2ccccc2)cnc1OC. The minimum atomic E-state index is 0.523. The van der Waals surface area contributed by atoms with Gasteiger partial charge in [0.2, 0.25) is 0 Å². The van der Waals surface area contributed by atoms with E-state index in [-0.39, 0.29) is 0 Å². The Morgan fingerprint density at radius 1 is 1.11 bits per heavy atom. The molecule has 19 heavy (non-hydrogen) atoms. The number of thioether (sulfide) groups is 1. The molecule has 1 aromatic carbocycles. The van der Waals surface area contributed by atoms with E-state index < -0.39 is 0 Å². The molecule has 0 bridgehead atoms. The molecule has 0 fully saturated rings. The Kier molecular flexibility index (Phi) is 5.10. The fourth-order valence-corrected chi connectivity index (χ4v) is 2.62. The number of methoxy groups -OCH3 is 2. The number of nitrogens with zero attached hydrogens (tertiary/aromatic N) is 1. The van der Waals surface area contributed by atoms with E-state index in [1.807, 2.05) is 18.3 Å². The molecule has 0 saturated carbocycles. The molecule has 0 aliphatic rings. The van der Waals surface area contributed by atoms with Gasteiger partial charge < -0.3 is 9.47 Å². The average Bonchev–Trinajstić information content (AvgIpc) is 2.48. The van der Waals surface area contributed by atoms with Crippen molar-refractivity contribution in [3.63, 3.8) is 0 Å². The first-order chi connectivity index (χ1) is 9.33. The highest BCUT2D eigenvalue weighted by Gasteiger charge is 2.06. The third-order valence-electron chi connectivity index (χ3n) is 2.71. The van der Waals surface area contributed by atoms with Crippen LogP contribution in [0, 0.1) is 0 Å². The van der Waals surface area contributed by atoms with Gasteiger partial charge in [-0.25, -0.2) is 4.98 Å². The van der Waals surface area contributed by atoms with Crippen LogP contribution in [0.2, 0.25) is 0 Å². The zero-order valence-electron chi connectivity index (χ0n) is 11.1. The molecule has 4 heteroatoms. The Labute approximate surface area is 118 Å². The standard InChI is InChI=1S/C15H17NO2S/c1-17-14-10-13(11-16-15(14)18-2)19-9-8-12-6-4-3-5-7-12/h3-7,10-11H,8-9H2,1-2H3. The van der Waals surface area contributed by atoms with E-state index >= 15 is 0 Å². The Hall–Kier alpha value is -1.68. The molecule has 1 aromatic heterocycles. The summed E-state index contributed by atoms with van der Waals surface area (Å²) in [5.41, 5.74) is 1.35. The molecular formula is C15H17NO2S. The van der Waals surface area contributed by atoms with Crippen LogP contribution in [0.25, 0.3) is 0 Å². The van der Waals surface area contributed by atoms with Crippen molar-refractivity contribution in [3.05, 3.63) is 48.2 Å². The molecule has 2 rings (SSSR count). The second kappa shape index (κ2) is 7.04. The van der Waals surface area contributed by atoms with E-state index in [4.69, 9.17) is 9.47 Å². The van der Waals surface area contributed by atoms with Gasteiger partial charge in [0.1, 0.15) is 0 Å². The molecule has 0 radical (unpaired) electrons. The quantitative estimate of drug-likeness (QED) is 0.756. The van der Waals surface area contributed by atoms with Crippen molar-refractivity contribution in [2.24, 2.45) is 0 Å². The van der Waals surface area contributed by atoms with Gasteiger partial charge in [0, 0.05) is 22.9 Å². The lowest BCUT2D eigenvalue weighted by molar-refractivity contribution is 0.341. The summed E-state index contributed by atoms with van der Waals surface area (Å²) in [6.07, 6.45) is 2.86. The minimum absolute atomic E-state index is 0.523. The van der Waals surface area contributed by atoms with Crippen LogP contribution in [0.5, 0.6) is 11.6 Å². The lowest BCUT2D eigenvalue weighted by atomic mass is 10.2. The highest BCUT2D eigenvalue weighted by atomic mass is 32.2. The van der Waals surface area contributed by atoms with E-state index in [9.17, 15) is 0 Å². The van der Waals surface area contributed by atoms with Crippen LogP contribution in [0.1, 0.15) is 5.56 Å². The van der Waals surface area contributed by atoms with Gasteiger partial charge in [-0.15, -0.1) is 11.8 Å². The molecule has 0 saturated heterocycles. The predicted molar refractivity (Wildman–Crippen MR) is 78.2 cm³/mol. The van der Waals surface area contributed by atoms with Gasteiger partial charge in [-0.3, -0.25) is 0 Å². The maximum atomic E-state index is 5.24. The summed E-state index contributed by atoms with van der Waals surface area (Å²) in [5.74, 6) is 2.21. The van der Waals surface area contributed by atoms with Gasteiger partial charge in [0.25, 0.3) is 5.88 Å². The van der Waals surface area contributed by atoms with E-state index in [0.717, 1.165) is 17.1 Å². The normalized spacial score (nSPS) is 10.2. The number of pyridine rings is 1. The summed E-state index contributed by atoms with van der Waals surface area (Å²) in [5, 5.41) is 0. The monoisotopic (exact) mass is 275 g/mol. The number of hydrogen-bond donors (Lipinski definition) is 0. The number of hydrogen-bond acceptors (Lipinski definition) is 4. The third-order valence-corrected chi connectivity index (χ3v) is 3.67. The van der Waals surface area contributed by atoms with E-state index in [1.165, 1.54) is 5.56 Å². The minimum Gasteiger partial charge on any atom is -0.491 e. The Morgan fingerprint density at radius 2 is 1.89 bits per heavy atom.